The van der Waals surface area contributed by atoms with Gasteiger partial charge in [0.1, 0.15) is 5.82 Å². The van der Waals surface area contributed by atoms with E-state index in [1.165, 1.54) is 22.9 Å². The molecule has 4 rings (SSSR count). The highest BCUT2D eigenvalue weighted by Gasteiger charge is 2.22. The van der Waals surface area contributed by atoms with Gasteiger partial charge in [-0.25, -0.2) is 4.39 Å². The number of carbonyl (C=O) groups excluding carboxylic acids is 1. The zero-order valence-corrected chi connectivity index (χ0v) is 15.2. The maximum absolute atomic E-state index is 13.0. The Labute approximate surface area is 158 Å². The van der Waals surface area contributed by atoms with Crippen LogP contribution in [0.1, 0.15) is 18.4 Å². The van der Waals surface area contributed by atoms with Gasteiger partial charge in [0.2, 0.25) is 5.91 Å². The number of fused-ring (bicyclic) bond motifs is 1. The van der Waals surface area contributed by atoms with E-state index in [9.17, 15) is 9.18 Å². The minimum Gasteiger partial charge on any atom is -0.382 e. The molecule has 1 fully saturated rings. The molecule has 0 unspecified atom stereocenters. The van der Waals surface area contributed by atoms with Crippen LogP contribution in [0.2, 0.25) is 0 Å². The molecule has 0 atom stereocenters. The summed E-state index contributed by atoms with van der Waals surface area (Å²) in [6.07, 6.45) is 2.25. The molecule has 1 N–H and O–H groups in total. The quantitative estimate of drug-likeness (QED) is 0.734. The second-order valence-corrected chi connectivity index (χ2v) is 7.16. The fraction of sp³-hybridized carbons (Fsp3) is 0.261. The molecule has 0 aromatic heterocycles. The molecule has 0 radical (unpaired) electrons. The van der Waals surface area contributed by atoms with Crippen molar-refractivity contribution in [3.05, 3.63) is 78.1 Å². The van der Waals surface area contributed by atoms with E-state index in [2.05, 4.69) is 29.6 Å². The van der Waals surface area contributed by atoms with Crippen molar-refractivity contribution in [1.29, 1.82) is 0 Å². The van der Waals surface area contributed by atoms with E-state index in [0.717, 1.165) is 37.2 Å². The summed E-state index contributed by atoms with van der Waals surface area (Å²) in [7, 11) is 0. The lowest BCUT2D eigenvalue weighted by Crippen LogP contribution is -2.43. The third-order valence-corrected chi connectivity index (χ3v) is 5.23. The number of nitrogens with zero attached hydrogens (tertiary/aromatic N) is 1. The van der Waals surface area contributed by atoms with Crippen molar-refractivity contribution in [2.45, 2.75) is 25.3 Å². The number of nitrogens with one attached hydrogen (secondary N) is 1. The van der Waals surface area contributed by atoms with Gasteiger partial charge in [-0.1, -0.05) is 42.5 Å². The van der Waals surface area contributed by atoms with Gasteiger partial charge in [0.15, 0.2) is 0 Å². The SMILES string of the molecule is O=C(Cc1ccc2ccccc2c1)N1CCC(Nc2ccc(F)cc2)CC1. The first kappa shape index (κ1) is 17.5. The van der Waals surface area contributed by atoms with Crippen molar-refractivity contribution in [1.82, 2.24) is 4.90 Å². The van der Waals surface area contributed by atoms with Crippen LogP contribution in [0.4, 0.5) is 10.1 Å². The van der Waals surface area contributed by atoms with Crippen LogP contribution in [0.15, 0.2) is 66.7 Å². The maximum atomic E-state index is 13.0. The van der Waals surface area contributed by atoms with Crippen LogP contribution in [-0.4, -0.2) is 29.9 Å². The fourth-order valence-corrected chi connectivity index (χ4v) is 3.69. The number of likely N-dealkylation sites (tertiary alicyclic amines) is 1. The summed E-state index contributed by atoms with van der Waals surface area (Å²) in [5, 5.41) is 5.80. The van der Waals surface area contributed by atoms with Crippen LogP contribution in [0.3, 0.4) is 0 Å². The Bertz CT molecular complexity index is 931. The lowest BCUT2D eigenvalue weighted by Gasteiger charge is -2.33. The Hall–Kier alpha value is -2.88. The van der Waals surface area contributed by atoms with E-state index in [4.69, 9.17) is 0 Å². The lowest BCUT2D eigenvalue weighted by atomic mass is 10.0. The monoisotopic (exact) mass is 362 g/mol. The van der Waals surface area contributed by atoms with Gasteiger partial charge in [-0.15, -0.1) is 0 Å². The van der Waals surface area contributed by atoms with Gasteiger partial charge >= 0.3 is 0 Å². The summed E-state index contributed by atoms with van der Waals surface area (Å²) in [5.41, 5.74) is 1.99. The number of hydrogen-bond acceptors (Lipinski definition) is 2. The summed E-state index contributed by atoms with van der Waals surface area (Å²) < 4.78 is 13.0. The molecule has 1 aliphatic rings. The van der Waals surface area contributed by atoms with Gasteiger partial charge < -0.3 is 10.2 Å². The maximum Gasteiger partial charge on any atom is 0.226 e. The second kappa shape index (κ2) is 7.78. The molecule has 0 saturated carbocycles. The Morgan fingerprint density at radius 2 is 1.67 bits per heavy atom. The molecule has 1 amide bonds. The number of carbonyl (C=O) groups is 1. The van der Waals surface area contributed by atoms with Crippen molar-refractivity contribution in [3.63, 3.8) is 0 Å². The predicted octanol–water partition coefficient (Wildman–Crippen LogP) is 4.62. The normalized spacial score (nSPS) is 15.1. The van der Waals surface area contributed by atoms with Crippen molar-refractivity contribution in [2.24, 2.45) is 0 Å². The van der Waals surface area contributed by atoms with Gasteiger partial charge in [0.05, 0.1) is 6.42 Å². The average molecular weight is 362 g/mol. The van der Waals surface area contributed by atoms with E-state index in [1.54, 1.807) is 12.1 Å². The first-order valence-corrected chi connectivity index (χ1v) is 9.45. The molecule has 4 heteroatoms. The minimum absolute atomic E-state index is 0.186. The Morgan fingerprint density at radius 3 is 2.41 bits per heavy atom. The highest BCUT2D eigenvalue weighted by atomic mass is 19.1. The molecular weight excluding hydrogens is 339 g/mol. The standard InChI is InChI=1S/C23H23FN2O/c24-20-7-9-21(10-8-20)25-22-11-13-26(14-12-22)23(27)16-17-5-6-18-3-1-2-4-19(18)15-17/h1-10,15,22,25H,11-14,16H2. The molecule has 3 aromatic rings. The molecule has 1 heterocycles. The van der Waals surface area contributed by atoms with E-state index in [0.29, 0.717) is 12.5 Å². The molecule has 0 bridgehead atoms. The lowest BCUT2D eigenvalue weighted by molar-refractivity contribution is -0.131. The van der Waals surface area contributed by atoms with Crippen LogP contribution >= 0.6 is 0 Å². The van der Waals surface area contributed by atoms with Gasteiger partial charge in [0, 0.05) is 24.8 Å². The zero-order valence-electron chi connectivity index (χ0n) is 15.2. The summed E-state index contributed by atoms with van der Waals surface area (Å²) in [4.78, 5) is 14.6. The van der Waals surface area contributed by atoms with Crippen molar-refractivity contribution < 1.29 is 9.18 Å². The van der Waals surface area contributed by atoms with Gasteiger partial charge in [-0.3, -0.25) is 4.79 Å². The van der Waals surface area contributed by atoms with E-state index in [1.807, 2.05) is 23.1 Å². The largest absolute Gasteiger partial charge is 0.382 e. The summed E-state index contributed by atoms with van der Waals surface area (Å²) >= 11 is 0. The van der Waals surface area contributed by atoms with Gasteiger partial charge in [-0.05, 0) is 53.4 Å². The predicted molar refractivity (Wildman–Crippen MR) is 107 cm³/mol. The van der Waals surface area contributed by atoms with Crippen LogP contribution in [0.5, 0.6) is 0 Å². The summed E-state index contributed by atoms with van der Waals surface area (Å²) in [6.45, 7) is 1.51. The molecular formula is C23H23FN2O. The summed E-state index contributed by atoms with van der Waals surface area (Å²) in [5.74, 6) is -0.0415. The van der Waals surface area contributed by atoms with Crippen LogP contribution in [-0.2, 0) is 11.2 Å². The number of rotatable bonds is 4. The Kier molecular flexibility index (Phi) is 5.05. The second-order valence-electron chi connectivity index (χ2n) is 7.16. The molecule has 27 heavy (non-hydrogen) atoms. The fourth-order valence-electron chi connectivity index (χ4n) is 3.69. The minimum atomic E-state index is -0.227. The smallest absolute Gasteiger partial charge is 0.226 e. The zero-order chi connectivity index (χ0) is 18.6. The first-order valence-electron chi connectivity index (χ1n) is 9.45. The number of benzene rings is 3. The highest BCUT2D eigenvalue weighted by Crippen LogP contribution is 2.19. The van der Waals surface area contributed by atoms with Crippen molar-refractivity contribution >= 4 is 22.4 Å². The topological polar surface area (TPSA) is 32.3 Å². The average Bonchev–Trinajstić information content (AvgIpc) is 2.70. The third kappa shape index (κ3) is 4.27. The molecule has 1 aliphatic heterocycles. The number of halogens is 1. The van der Waals surface area contributed by atoms with Crippen molar-refractivity contribution in [2.75, 3.05) is 18.4 Å². The van der Waals surface area contributed by atoms with E-state index in [-0.39, 0.29) is 11.7 Å². The summed E-state index contributed by atoms with van der Waals surface area (Å²) in [6, 6.07) is 21.2. The van der Waals surface area contributed by atoms with Gasteiger partial charge in [-0.2, -0.15) is 0 Å². The molecule has 1 saturated heterocycles. The number of amides is 1. The molecule has 138 valence electrons. The first-order chi connectivity index (χ1) is 13.2. The van der Waals surface area contributed by atoms with Crippen LogP contribution in [0.25, 0.3) is 10.8 Å². The van der Waals surface area contributed by atoms with Crippen molar-refractivity contribution in [3.8, 4) is 0 Å². The third-order valence-electron chi connectivity index (χ3n) is 5.23. The number of hydrogen-bond donors (Lipinski definition) is 1. The van der Waals surface area contributed by atoms with E-state index < -0.39 is 0 Å². The highest BCUT2D eigenvalue weighted by molar-refractivity contribution is 5.85. The molecule has 0 aliphatic carbocycles. The van der Waals surface area contributed by atoms with Gasteiger partial charge in [0.25, 0.3) is 0 Å². The number of piperidine rings is 1. The Balaban J connectivity index is 1.32. The molecule has 3 aromatic carbocycles. The number of anilines is 1. The van der Waals surface area contributed by atoms with E-state index >= 15 is 0 Å². The Morgan fingerprint density at radius 1 is 0.963 bits per heavy atom. The van der Waals surface area contributed by atoms with Crippen LogP contribution in [0, 0.1) is 5.82 Å². The molecule has 3 nitrogen and oxygen atoms in total. The van der Waals surface area contributed by atoms with Crippen LogP contribution < -0.4 is 5.32 Å². The molecule has 0 spiro atoms.